The summed E-state index contributed by atoms with van der Waals surface area (Å²) < 4.78 is 6.02. The van der Waals surface area contributed by atoms with Gasteiger partial charge < -0.3 is 14.7 Å². The molecule has 0 aromatic rings. The summed E-state index contributed by atoms with van der Waals surface area (Å²) in [4.78, 5) is 25.2. The molecule has 5 heteroatoms. The predicted octanol–water partition coefficient (Wildman–Crippen LogP) is 4.63. The van der Waals surface area contributed by atoms with Crippen LogP contribution in [0, 0.1) is 5.41 Å². The van der Waals surface area contributed by atoms with Crippen molar-refractivity contribution in [1.29, 1.82) is 0 Å². The minimum Gasteiger partial charge on any atom is -0.481 e. The van der Waals surface area contributed by atoms with Crippen LogP contribution in [0.2, 0.25) is 0 Å². The fraction of sp³-hybridized carbons (Fsp3) is 0.905. The number of carboxylic acid groups (broad SMARTS) is 1. The van der Waals surface area contributed by atoms with Crippen LogP contribution in [0.4, 0.5) is 0 Å². The molecule has 1 aliphatic rings. The Kier molecular flexibility index (Phi) is 8.12. The predicted molar refractivity (Wildman–Crippen MR) is 104 cm³/mol. The number of rotatable bonds is 10. The van der Waals surface area contributed by atoms with E-state index in [2.05, 4.69) is 46.6 Å². The first-order chi connectivity index (χ1) is 11.9. The van der Waals surface area contributed by atoms with E-state index in [-0.39, 0.29) is 23.3 Å². The number of ether oxygens (including phenoxy) is 1. The van der Waals surface area contributed by atoms with E-state index in [4.69, 9.17) is 9.84 Å². The third-order valence-electron chi connectivity index (χ3n) is 7.09. The molecule has 1 atom stereocenters. The van der Waals surface area contributed by atoms with Gasteiger partial charge in [-0.25, -0.2) is 0 Å². The summed E-state index contributed by atoms with van der Waals surface area (Å²) in [7, 11) is 2.14. The Morgan fingerprint density at radius 2 is 1.42 bits per heavy atom. The van der Waals surface area contributed by atoms with E-state index >= 15 is 0 Å². The smallest absolute Gasteiger partial charge is 0.306 e. The molecule has 1 unspecified atom stereocenters. The van der Waals surface area contributed by atoms with Gasteiger partial charge in [-0.05, 0) is 40.7 Å². The fourth-order valence-electron chi connectivity index (χ4n) is 3.83. The third-order valence-corrected chi connectivity index (χ3v) is 7.09. The molecule has 0 saturated carbocycles. The van der Waals surface area contributed by atoms with Crippen LogP contribution in [0.5, 0.6) is 0 Å². The van der Waals surface area contributed by atoms with Crippen molar-refractivity contribution >= 4 is 11.9 Å². The monoisotopic (exact) mass is 369 g/mol. The van der Waals surface area contributed by atoms with Crippen LogP contribution < -0.4 is 0 Å². The van der Waals surface area contributed by atoms with E-state index < -0.39 is 11.6 Å². The number of piperidine rings is 1. The molecule has 1 fully saturated rings. The molecule has 0 bridgehead atoms. The van der Waals surface area contributed by atoms with Crippen molar-refractivity contribution in [2.45, 2.75) is 104 Å². The lowest BCUT2D eigenvalue weighted by Crippen LogP contribution is -2.67. The largest absolute Gasteiger partial charge is 0.481 e. The number of hydrogen-bond donors (Lipinski definition) is 1. The van der Waals surface area contributed by atoms with Crippen molar-refractivity contribution in [1.82, 2.24) is 4.90 Å². The van der Waals surface area contributed by atoms with Crippen LogP contribution in [0.1, 0.15) is 92.4 Å². The molecule has 0 aliphatic carbocycles. The number of hydrogen-bond acceptors (Lipinski definition) is 4. The molecule has 0 spiro atoms. The Morgan fingerprint density at radius 1 is 0.923 bits per heavy atom. The molecule has 1 aliphatic heterocycles. The van der Waals surface area contributed by atoms with Gasteiger partial charge in [0.15, 0.2) is 0 Å². The molecule has 0 aromatic heterocycles. The molecule has 26 heavy (non-hydrogen) atoms. The average Bonchev–Trinajstić information content (AvgIpc) is 2.53. The average molecular weight is 370 g/mol. The number of carbonyl (C=O) groups excluding carboxylic acids is 1. The maximum atomic E-state index is 12.4. The van der Waals surface area contributed by atoms with Gasteiger partial charge in [-0.3, -0.25) is 9.59 Å². The molecule has 1 heterocycles. The quantitative estimate of drug-likeness (QED) is 0.449. The number of carboxylic acids is 1. The van der Waals surface area contributed by atoms with E-state index in [1.807, 2.05) is 0 Å². The van der Waals surface area contributed by atoms with Crippen molar-refractivity contribution < 1.29 is 19.4 Å². The van der Waals surface area contributed by atoms with E-state index in [9.17, 15) is 9.59 Å². The molecular formula is C21H39NO4. The van der Waals surface area contributed by atoms with Crippen molar-refractivity contribution in [2.75, 3.05) is 13.6 Å². The highest BCUT2D eigenvalue weighted by Crippen LogP contribution is 2.50. The molecule has 0 amide bonds. The van der Waals surface area contributed by atoms with Crippen LogP contribution in [0.15, 0.2) is 0 Å². The highest BCUT2D eigenvalue weighted by Gasteiger charge is 2.57. The van der Waals surface area contributed by atoms with Gasteiger partial charge in [0.25, 0.3) is 0 Å². The van der Waals surface area contributed by atoms with Crippen LogP contribution in [-0.2, 0) is 14.3 Å². The molecule has 0 aromatic carbocycles. The second-order valence-corrected chi connectivity index (χ2v) is 9.08. The normalized spacial score (nSPS) is 25.0. The maximum absolute atomic E-state index is 12.4. The second-order valence-electron chi connectivity index (χ2n) is 9.08. The Balaban J connectivity index is 2.35. The summed E-state index contributed by atoms with van der Waals surface area (Å²) >= 11 is 0. The zero-order valence-corrected chi connectivity index (χ0v) is 17.7. The lowest BCUT2D eigenvalue weighted by Gasteiger charge is -2.60. The SMILES string of the molecule is CN1CCC(C)(OC(=O)CCCCCCCCC(=O)O)C(C)(C)C1(C)C. The Hall–Kier alpha value is -1.10. The van der Waals surface area contributed by atoms with Gasteiger partial charge in [0.1, 0.15) is 5.60 Å². The first-order valence-electron chi connectivity index (χ1n) is 10.1. The highest BCUT2D eigenvalue weighted by atomic mass is 16.6. The van der Waals surface area contributed by atoms with Crippen molar-refractivity contribution in [3.05, 3.63) is 0 Å². The standard InChI is InChI=1S/C21H39NO4/c1-19(2)20(3,4)22(6)16-15-21(19,5)26-18(25)14-12-10-8-7-9-11-13-17(23)24/h7-16H2,1-6H3,(H,23,24). The van der Waals surface area contributed by atoms with Gasteiger partial charge >= 0.3 is 11.9 Å². The topological polar surface area (TPSA) is 66.8 Å². The van der Waals surface area contributed by atoms with Crippen LogP contribution in [-0.4, -0.2) is 46.7 Å². The summed E-state index contributed by atoms with van der Waals surface area (Å²) in [5.74, 6) is -0.812. The van der Waals surface area contributed by atoms with E-state index in [1.165, 1.54) is 0 Å². The molecule has 1 rings (SSSR count). The summed E-state index contributed by atoms with van der Waals surface area (Å²) in [5, 5.41) is 8.60. The van der Waals surface area contributed by atoms with Crippen LogP contribution >= 0.6 is 0 Å². The minimum atomic E-state index is -0.721. The third kappa shape index (κ3) is 5.45. The lowest BCUT2D eigenvalue weighted by molar-refractivity contribution is -0.203. The van der Waals surface area contributed by atoms with Gasteiger partial charge in [-0.15, -0.1) is 0 Å². The number of carbonyl (C=O) groups is 2. The van der Waals surface area contributed by atoms with Gasteiger partial charge in [0, 0.05) is 36.8 Å². The van der Waals surface area contributed by atoms with Gasteiger partial charge in [0.2, 0.25) is 0 Å². The number of unbranched alkanes of at least 4 members (excludes halogenated alkanes) is 5. The summed E-state index contributed by atoms with van der Waals surface area (Å²) in [6, 6.07) is 0. The van der Waals surface area contributed by atoms with Gasteiger partial charge in [0.05, 0.1) is 0 Å². The minimum absolute atomic E-state index is 0.0454. The van der Waals surface area contributed by atoms with E-state index in [0.29, 0.717) is 6.42 Å². The number of nitrogens with zero attached hydrogens (tertiary/aromatic N) is 1. The Labute approximate surface area is 159 Å². The summed E-state index contributed by atoms with van der Waals surface area (Å²) in [6.45, 7) is 11.9. The molecule has 5 nitrogen and oxygen atoms in total. The lowest BCUT2D eigenvalue weighted by atomic mass is 9.59. The van der Waals surface area contributed by atoms with Crippen LogP contribution in [0.25, 0.3) is 0 Å². The van der Waals surface area contributed by atoms with Crippen molar-refractivity contribution in [3.63, 3.8) is 0 Å². The van der Waals surface area contributed by atoms with Gasteiger partial charge in [-0.1, -0.05) is 39.5 Å². The second kappa shape index (κ2) is 9.20. The molecule has 152 valence electrons. The van der Waals surface area contributed by atoms with E-state index in [0.717, 1.165) is 51.5 Å². The summed E-state index contributed by atoms with van der Waals surface area (Å²) in [6.07, 6.45) is 7.20. The zero-order chi connectivity index (χ0) is 20.0. The molecule has 1 saturated heterocycles. The van der Waals surface area contributed by atoms with Crippen LogP contribution in [0.3, 0.4) is 0 Å². The summed E-state index contributed by atoms with van der Waals surface area (Å²) in [5.41, 5.74) is -0.639. The van der Waals surface area contributed by atoms with E-state index in [1.54, 1.807) is 0 Å². The first kappa shape index (κ1) is 22.9. The molecule has 0 radical (unpaired) electrons. The molecule has 1 N–H and O–H groups in total. The highest BCUT2D eigenvalue weighted by molar-refractivity contribution is 5.70. The Morgan fingerprint density at radius 3 is 1.96 bits per heavy atom. The fourth-order valence-corrected chi connectivity index (χ4v) is 3.83. The van der Waals surface area contributed by atoms with Crippen molar-refractivity contribution in [3.8, 4) is 0 Å². The number of aliphatic carboxylic acids is 1. The van der Waals surface area contributed by atoms with Crippen molar-refractivity contribution in [2.24, 2.45) is 5.41 Å². The zero-order valence-electron chi connectivity index (χ0n) is 17.7. The molecular weight excluding hydrogens is 330 g/mol. The number of esters is 1. The number of likely N-dealkylation sites (tertiary alicyclic amines) is 1. The first-order valence-corrected chi connectivity index (χ1v) is 10.1. The Bertz CT molecular complexity index is 486. The maximum Gasteiger partial charge on any atom is 0.306 e. The van der Waals surface area contributed by atoms with Gasteiger partial charge in [-0.2, -0.15) is 0 Å².